The molecule has 2 aromatic carbocycles. The van der Waals surface area contributed by atoms with Crippen LogP contribution in [0.15, 0.2) is 53.9 Å². The number of methoxy groups -OCH3 is 2. The molecular formula is C24H27N3O4S. The first-order valence-corrected chi connectivity index (χ1v) is 11.2. The Hall–Kier alpha value is -3.07. The maximum atomic E-state index is 10.7. The molecule has 1 atom stereocenters. The molecule has 0 fully saturated rings. The molecule has 0 aliphatic rings. The highest BCUT2D eigenvalue weighted by molar-refractivity contribution is 7.17. The average Bonchev–Trinajstić information content (AvgIpc) is 3.40. The van der Waals surface area contributed by atoms with Gasteiger partial charge in [-0.1, -0.05) is 18.2 Å². The van der Waals surface area contributed by atoms with E-state index in [4.69, 9.17) is 14.2 Å². The largest absolute Gasteiger partial charge is 0.493 e. The van der Waals surface area contributed by atoms with Crippen molar-refractivity contribution in [3.8, 4) is 28.5 Å². The first-order chi connectivity index (χ1) is 15.5. The lowest BCUT2D eigenvalue weighted by molar-refractivity contribution is -0.117. The van der Waals surface area contributed by atoms with Crippen molar-refractivity contribution in [3.05, 3.63) is 59.5 Å². The van der Waals surface area contributed by atoms with E-state index in [1.807, 2.05) is 53.9 Å². The van der Waals surface area contributed by atoms with Crippen LogP contribution in [0.3, 0.4) is 0 Å². The molecule has 168 valence electrons. The summed E-state index contributed by atoms with van der Waals surface area (Å²) in [6.07, 6.45) is 0.780. The van der Waals surface area contributed by atoms with E-state index in [1.165, 1.54) is 0 Å². The van der Waals surface area contributed by atoms with Crippen molar-refractivity contribution >= 4 is 21.6 Å². The Balaban J connectivity index is 1.33. The van der Waals surface area contributed by atoms with Gasteiger partial charge < -0.3 is 24.6 Å². The zero-order chi connectivity index (χ0) is 22.6. The molecule has 1 unspecified atom stereocenters. The number of nitrogens with zero attached hydrogens (tertiary/aromatic N) is 1. The molecule has 3 N–H and O–H groups in total. The van der Waals surface area contributed by atoms with Gasteiger partial charge in [0.25, 0.3) is 0 Å². The molecule has 0 saturated heterocycles. The quantitative estimate of drug-likeness (QED) is 0.246. The van der Waals surface area contributed by atoms with Gasteiger partial charge in [-0.15, -0.1) is 11.3 Å². The van der Waals surface area contributed by atoms with Crippen molar-refractivity contribution in [2.45, 2.75) is 19.1 Å². The lowest BCUT2D eigenvalue weighted by Gasteiger charge is -2.25. The maximum Gasteiger partial charge on any atom is 0.217 e. The highest BCUT2D eigenvalue weighted by Gasteiger charge is 2.22. The number of benzene rings is 2. The van der Waals surface area contributed by atoms with Gasteiger partial charge in [-0.05, 0) is 54.2 Å². The SMILES string of the molecule is COc1ccc(CCNCC(C)(O)Oc2cccc(-c3n[nH]c4ccsc34)c2)cc1OC. The van der Waals surface area contributed by atoms with Crippen molar-refractivity contribution < 1.29 is 19.3 Å². The number of hydrogen-bond acceptors (Lipinski definition) is 7. The lowest BCUT2D eigenvalue weighted by atomic mass is 10.1. The van der Waals surface area contributed by atoms with Crippen LogP contribution in [0.4, 0.5) is 0 Å². The monoisotopic (exact) mass is 453 g/mol. The topological polar surface area (TPSA) is 88.6 Å². The third-order valence-corrected chi connectivity index (χ3v) is 6.03. The fraction of sp³-hybridized carbons (Fsp3) is 0.292. The van der Waals surface area contributed by atoms with Crippen LogP contribution in [-0.2, 0) is 6.42 Å². The Labute approximate surface area is 191 Å². The Morgan fingerprint density at radius 2 is 1.94 bits per heavy atom. The molecule has 0 aliphatic carbocycles. The molecule has 0 radical (unpaired) electrons. The highest BCUT2D eigenvalue weighted by atomic mass is 32.1. The number of aromatic amines is 1. The van der Waals surface area contributed by atoms with Gasteiger partial charge in [0.05, 0.1) is 31.0 Å². The Kier molecular flexibility index (Phi) is 6.64. The number of aliphatic hydroxyl groups is 1. The maximum absolute atomic E-state index is 10.7. The number of fused-ring (bicyclic) bond motifs is 1. The second-order valence-corrected chi connectivity index (χ2v) is 8.57. The van der Waals surface area contributed by atoms with E-state index in [9.17, 15) is 5.11 Å². The number of aromatic nitrogens is 2. The summed E-state index contributed by atoms with van der Waals surface area (Å²) in [5.74, 6) is 0.635. The van der Waals surface area contributed by atoms with Crippen LogP contribution in [0.5, 0.6) is 17.2 Å². The summed E-state index contributed by atoms with van der Waals surface area (Å²) >= 11 is 1.64. The van der Waals surface area contributed by atoms with Gasteiger partial charge in [0.1, 0.15) is 11.4 Å². The Bertz CT molecular complexity index is 1180. The number of rotatable bonds is 10. The van der Waals surface area contributed by atoms with Crippen LogP contribution in [0.1, 0.15) is 12.5 Å². The summed E-state index contributed by atoms with van der Waals surface area (Å²) < 4.78 is 17.6. The van der Waals surface area contributed by atoms with Gasteiger partial charge in [-0.2, -0.15) is 5.10 Å². The summed E-state index contributed by atoms with van der Waals surface area (Å²) in [5.41, 5.74) is 3.95. The Morgan fingerprint density at radius 1 is 1.09 bits per heavy atom. The summed E-state index contributed by atoms with van der Waals surface area (Å²) in [7, 11) is 3.24. The molecular weight excluding hydrogens is 426 g/mol. The first kappa shape index (κ1) is 22.1. The van der Waals surface area contributed by atoms with Gasteiger partial charge >= 0.3 is 0 Å². The van der Waals surface area contributed by atoms with Crippen LogP contribution in [0.25, 0.3) is 21.5 Å². The third kappa shape index (κ3) is 5.04. The standard InChI is InChI=1S/C24H27N3O4S/c1-24(28,15-25-11-9-16-7-8-20(29-2)21(13-16)30-3)31-18-6-4-5-17(14-18)22-23-19(26-27-22)10-12-32-23/h4-8,10,12-14,25,28H,9,11,15H2,1-3H3,(H,26,27). The smallest absolute Gasteiger partial charge is 0.217 e. The van der Waals surface area contributed by atoms with Crippen molar-refractivity contribution in [3.63, 3.8) is 0 Å². The van der Waals surface area contributed by atoms with Crippen LogP contribution >= 0.6 is 11.3 Å². The summed E-state index contributed by atoms with van der Waals surface area (Å²) in [4.78, 5) is 0. The molecule has 2 heterocycles. The van der Waals surface area contributed by atoms with E-state index in [1.54, 1.807) is 32.5 Å². The zero-order valence-electron chi connectivity index (χ0n) is 18.3. The fourth-order valence-corrected chi connectivity index (χ4v) is 4.39. The van der Waals surface area contributed by atoms with Gasteiger partial charge in [0, 0.05) is 12.5 Å². The van der Waals surface area contributed by atoms with E-state index in [2.05, 4.69) is 15.5 Å². The summed E-state index contributed by atoms with van der Waals surface area (Å²) in [6.45, 7) is 2.61. The van der Waals surface area contributed by atoms with E-state index in [0.29, 0.717) is 23.8 Å². The predicted octanol–water partition coefficient (Wildman–Crippen LogP) is 4.23. The van der Waals surface area contributed by atoms with E-state index >= 15 is 0 Å². The first-order valence-electron chi connectivity index (χ1n) is 10.3. The molecule has 4 aromatic rings. The van der Waals surface area contributed by atoms with Crippen molar-refractivity contribution in [2.24, 2.45) is 0 Å². The van der Waals surface area contributed by atoms with Gasteiger partial charge in [0.15, 0.2) is 11.5 Å². The fourth-order valence-electron chi connectivity index (χ4n) is 3.53. The van der Waals surface area contributed by atoms with E-state index < -0.39 is 5.79 Å². The van der Waals surface area contributed by atoms with Crippen LogP contribution in [-0.4, -0.2) is 48.4 Å². The number of nitrogens with one attached hydrogen (secondary N) is 2. The number of hydrogen-bond donors (Lipinski definition) is 3. The number of ether oxygens (including phenoxy) is 3. The highest BCUT2D eigenvalue weighted by Crippen LogP contribution is 2.32. The Morgan fingerprint density at radius 3 is 2.75 bits per heavy atom. The van der Waals surface area contributed by atoms with Gasteiger partial charge in [-0.25, -0.2) is 0 Å². The van der Waals surface area contributed by atoms with Gasteiger partial charge in [0.2, 0.25) is 5.79 Å². The average molecular weight is 454 g/mol. The van der Waals surface area contributed by atoms with Crippen LogP contribution in [0.2, 0.25) is 0 Å². The normalized spacial score (nSPS) is 13.1. The van der Waals surface area contributed by atoms with Crippen molar-refractivity contribution in [2.75, 3.05) is 27.3 Å². The molecule has 8 heteroatoms. The van der Waals surface area contributed by atoms with Gasteiger partial charge in [-0.3, -0.25) is 5.10 Å². The summed E-state index contributed by atoms with van der Waals surface area (Å²) in [5, 5.41) is 23.5. The van der Waals surface area contributed by atoms with Crippen LogP contribution in [0, 0.1) is 0 Å². The number of thiophene rings is 1. The van der Waals surface area contributed by atoms with Crippen molar-refractivity contribution in [1.82, 2.24) is 15.5 Å². The molecule has 4 rings (SSSR count). The zero-order valence-corrected chi connectivity index (χ0v) is 19.2. The molecule has 0 bridgehead atoms. The molecule has 7 nitrogen and oxygen atoms in total. The second-order valence-electron chi connectivity index (χ2n) is 7.66. The molecule has 32 heavy (non-hydrogen) atoms. The minimum atomic E-state index is -1.36. The van der Waals surface area contributed by atoms with Crippen LogP contribution < -0.4 is 19.5 Å². The minimum Gasteiger partial charge on any atom is -0.493 e. The lowest BCUT2D eigenvalue weighted by Crippen LogP contribution is -2.43. The second kappa shape index (κ2) is 9.60. The predicted molar refractivity (Wildman–Crippen MR) is 127 cm³/mol. The molecule has 0 amide bonds. The molecule has 2 aromatic heterocycles. The molecule has 0 spiro atoms. The van der Waals surface area contributed by atoms with E-state index in [0.717, 1.165) is 33.5 Å². The summed E-state index contributed by atoms with van der Waals surface area (Å²) in [6, 6.07) is 15.5. The third-order valence-electron chi connectivity index (χ3n) is 5.11. The van der Waals surface area contributed by atoms with E-state index in [-0.39, 0.29) is 6.54 Å². The number of H-pyrrole nitrogens is 1. The molecule has 0 saturated carbocycles. The molecule has 0 aliphatic heterocycles. The van der Waals surface area contributed by atoms with Crippen molar-refractivity contribution in [1.29, 1.82) is 0 Å². The minimum absolute atomic E-state index is 0.280.